The van der Waals surface area contributed by atoms with Crippen molar-refractivity contribution in [2.45, 2.75) is 13.3 Å². The van der Waals surface area contributed by atoms with Gasteiger partial charge >= 0.3 is 0 Å². The molecule has 102 valence electrons. The van der Waals surface area contributed by atoms with Gasteiger partial charge in [0.15, 0.2) is 0 Å². The summed E-state index contributed by atoms with van der Waals surface area (Å²) in [5.74, 6) is -0.652. The zero-order valence-corrected chi connectivity index (χ0v) is 12.1. The predicted octanol–water partition coefficient (Wildman–Crippen LogP) is 1.87. The maximum absolute atomic E-state index is 12.0. The number of hydrogen-bond acceptors (Lipinski definition) is 3. The number of hydrogen-bond donors (Lipinski definition) is 1. The van der Waals surface area contributed by atoms with Gasteiger partial charge < -0.3 is 4.90 Å². The Balaban J connectivity index is 2.05. The highest BCUT2D eigenvalue weighted by molar-refractivity contribution is 9.10. The van der Waals surface area contributed by atoms with Crippen molar-refractivity contribution >= 4 is 33.4 Å². The second-order valence-corrected chi connectivity index (χ2v) is 5.20. The van der Waals surface area contributed by atoms with Gasteiger partial charge in [0.05, 0.1) is 12.5 Å². The summed E-state index contributed by atoms with van der Waals surface area (Å²) < 4.78 is 0.903. The Hall–Kier alpha value is -1.40. The number of carbonyl (C=O) groups is 2. The van der Waals surface area contributed by atoms with E-state index in [2.05, 4.69) is 21.4 Å². The molecule has 1 saturated heterocycles. The summed E-state index contributed by atoms with van der Waals surface area (Å²) >= 11 is 3.37. The normalized spacial score (nSPS) is 18.7. The predicted molar refractivity (Wildman–Crippen MR) is 74.4 cm³/mol. The molecule has 0 aromatic heterocycles. The smallest absolute Gasteiger partial charge is 0.248 e. The summed E-state index contributed by atoms with van der Waals surface area (Å²) in [4.78, 5) is 30.2. The van der Waals surface area contributed by atoms with E-state index in [0.29, 0.717) is 13.2 Å². The number of hydroxylamine groups is 1. The van der Waals surface area contributed by atoms with Crippen molar-refractivity contribution in [2.75, 3.05) is 18.1 Å². The SMILES string of the molecule is CCONC(=O)[C@H]1CC(=O)N(c2cccc(Br)c2)C1. The molecular weight excluding hydrogens is 312 g/mol. The minimum absolute atomic E-state index is 0.0465. The molecular formula is C13H15BrN2O3. The molecule has 0 spiro atoms. The van der Waals surface area contributed by atoms with Crippen molar-refractivity contribution in [3.63, 3.8) is 0 Å². The molecule has 19 heavy (non-hydrogen) atoms. The molecule has 1 fully saturated rings. The molecule has 0 unspecified atom stereocenters. The lowest BCUT2D eigenvalue weighted by atomic mass is 10.1. The van der Waals surface area contributed by atoms with Crippen molar-refractivity contribution in [1.82, 2.24) is 5.48 Å². The van der Waals surface area contributed by atoms with Crippen LogP contribution in [0.25, 0.3) is 0 Å². The average molecular weight is 327 g/mol. The molecule has 1 aromatic carbocycles. The van der Waals surface area contributed by atoms with Gasteiger partial charge in [0.25, 0.3) is 0 Å². The Bertz CT molecular complexity index is 493. The Morgan fingerprint density at radius 2 is 2.37 bits per heavy atom. The van der Waals surface area contributed by atoms with Gasteiger partial charge in [-0.15, -0.1) is 0 Å². The average Bonchev–Trinajstić information content (AvgIpc) is 2.78. The second kappa shape index (κ2) is 6.16. The Morgan fingerprint density at radius 1 is 1.58 bits per heavy atom. The standard InChI is InChI=1S/C13H15BrN2O3/c1-2-19-15-13(18)9-6-12(17)16(8-9)11-5-3-4-10(14)7-11/h3-5,7,9H,2,6,8H2,1H3,(H,15,18)/t9-/m0/s1. The van der Waals surface area contributed by atoms with Crippen molar-refractivity contribution in [1.29, 1.82) is 0 Å². The van der Waals surface area contributed by atoms with E-state index in [4.69, 9.17) is 4.84 Å². The first-order chi connectivity index (χ1) is 9.11. The molecule has 1 aliphatic heterocycles. The Kier molecular flexibility index (Phi) is 4.55. The fourth-order valence-corrected chi connectivity index (χ4v) is 2.39. The van der Waals surface area contributed by atoms with Crippen LogP contribution in [0.3, 0.4) is 0 Å². The topological polar surface area (TPSA) is 58.6 Å². The zero-order valence-electron chi connectivity index (χ0n) is 10.6. The van der Waals surface area contributed by atoms with Crippen LogP contribution in [0.4, 0.5) is 5.69 Å². The van der Waals surface area contributed by atoms with Crippen LogP contribution in [-0.4, -0.2) is 25.0 Å². The van der Waals surface area contributed by atoms with Crippen molar-refractivity contribution in [3.8, 4) is 0 Å². The van der Waals surface area contributed by atoms with Crippen LogP contribution in [0.2, 0.25) is 0 Å². The fraction of sp³-hybridized carbons (Fsp3) is 0.385. The molecule has 5 nitrogen and oxygen atoms in total. The summed E-state index contributed by atoms with van der Waals surface area (Å²) in [5, 5.41) is 0. The fourth-order valence-electron chi connectivity index (χ4n) is 2.00. The van der Waals surface area contributed by atoms with E-state index in [1.807, 2.05) is 24.3 Å². The lowest BCUT2D eigenvalue weighted by Gasteiger charge is -2.16. The molecule has 1 aliphatic rings. The maximum atomic E-state index is 12.0. The van der Waals surface area contributed by atoms with Crippen LogP contribution < -0.4 is 10.4 Å². The van der Waals surface area contributed by atoms with Crippen molar-refractivity contribution < 1.29 is 14.4 Å². The molecule has 1 heterocycles. The van der Waals surface area contributed by atoms with Crippen LogP contribution >= 0.6 is 15.9 Å². The first-order valence-electron chi connectivity index (χ1n) is 6.09. The third kappa shape index (κ3) is 3.33. The van der Waals surface area contributed by atoms with Gasteiger partial charge in [-0.05, 0) is 25.1 Å². The number of nitrogens with one attached hydrogen (secondary N) is 1. The van der Waals surface area contributed by atoms with E-state index < -0.39 is 0 Å². The lowest BCUT2D eigenvalue weighted by molar-refractivity contribution is -0.137. The van der Waals surface area contributed by atoms with Crippen LogP contribution in [-0.2, 0) is 14.4 Å². The third-order valence-electron chi connectivity index (χ3n) is 2.93. The number of anilines is 1. The van der Waals surface area contributed by atoms with E-state index in [-0.39, 0.29) is 24.2 Å². The van der Waals surface area contributed by atoms with Gasteiger partial charge in [0.2, 0.25) is 11.8 Å². The van der Waals surface area contributed by atoms with Crippen LogP contribution in [0.15, 0.2) is 28.7 Å². The highest BCUT2D eigenvalue weighted by Crippen LogP contribution is 2.27. The molecule has 6 heteroatoms. The number of rotatable bonds is 4. The van der Waals surface area contributed by atoms with E-state index in [1.165, 1.54) is 0 Å². The lowest BCUT2D eigenvalue weighted by Crippen LogP contribution is -2.33. The number of carbonyl (C=O) groups excluding carboxylic acids is 2. The number of amides is 2. The summed E-state index contributed by atoms with van der Waals surface area (Å²) in [6.45, 7) is 2.57. The van der Waals surface area contributed by atoms with Gasteiger partial charge in [-0.25, -0.2) is 5.48 Å². The summed E-state index contributed by atoms with van der Waals surface area (Å²) in [6, 6.07) is 7.47. The van der Waals surface area contributed by atoms with E-state index in [9.17, 15) is 9.59 Å². The van der Waals surface area contributed by atoms with Crippen LogP contribution in [0, 0.1) is 5.92 Å². The minimum Gasteiger partial charge on any atom is -0.312 e. The largest absolute Gasteiger partial charge is 0.312 e. The van der Waals surface area contributed by atoms with Crippen LogP contribution in [0.1, 0.15) is 13.3 Å². The molecule has 0 radical (unpaired) electrons. The summed E-state index contributed by atoms with van der Waals surface area (Å²) in [7, 11) is 0. The zero-order chi connectivity index (χ0) is 13.8. The molecule has 0 saturated carbocycles. The maximum Gasteiger partial charge on any atom is 0.248 e. The van der Waals surface area contributed by atoms with Crippen molar-refractivity contribution in [3.05, 3.63) is 28.7 Å². The number of halogens is 1. The summed E-state index contributed by atoms with van der Waals surface area (Å²) in [6.07, 6.45) is 0.214. The molecule has 1 atom stereocenters. The molecule has 2 amide bonds. The van der Waals surface area contributed by atoms with Crippen LogP contribution in [0.5, 0.6) is 0 Å². The van der Waals surface area contributed by atoms with Crippen molar-refractivity contribution in [2.24, 2.45) is 5.92 Å². The monoisotopic (exact) mass is 326 g/mol. The highest BCUT2D eigenvalue weighted by Gasteiger charge is 2.35. The molecule has 1 N–H and O–H groups in total. The van der Waals surface area contributed by atoms with E-state index >= 15 is 0 Å². The van der Waals surface area contributed by atoms with E-state index in [0.717, 1.165) is 10.2 Å². The minimum atomic E-state index is -0.363. The van der Waals surface area contributed by atoms with Gasteiger partial charge in [-0.2, -0.15) is 0 Å². The molecule has 0 aliphatic carbocycles. The highest BCUT2D eigenvalue weighted by atomic mass is 79.9. The van der Waals surface area contributed by atoms with Gasteiger partial charge in [0, 0.05) is 23.1 Å². The van der Waals surface area contributed by atoms with Gasteiger partial charge in [0.1, 0.15) is 0 Å². The third-order valence-corrected chi connectivity index (χ3v) is 3.43. The molecule has 1 aromatic rings. The quantitative estimate of drug-likeness (QED) is 0.859. The van der Waals surface area contributed by atoms with Gasteiger partial charge in [-0.1, -0.05) is 22.0 Å². The first kappa shape index (κ1) is 14.0. The first-order valence-corrected chi connectivity index (χ1v) is 6.88. The molecule has 2 rings (SSSR count). The number of benzene rings is 1. The summed E-state index contributed by atoms with van der Waals surface area (Å²) in [5.41, 5.74) is 3.15. The van der Waals surface area contributed by atoms with E-state index in [1.54, 1.807) is 11.8 Å². The Morgan fingerprint density at radius 3 is 3.05 bits per heavy atom. The Labute approximate surface area is 120 Å². The second-order valence-electron chi connectivity index (χ2n) is 4.28. The molecule has 0 bridgehead atoms. The van der Waals surface area contributed by atoms with Gasteiger partial charge in [-0.3, -0.25) is 14.4 Å². The number of nitrogens with zero attached hydrogens (tertiary/aromatic N) is 1.